The van der Waals surface area contributed by atoms with Gasteiger partial charge in [0, 0.05) is 0 Å². The van der Waals surface area contributed by atoms with Crippen LogP contribution in [0, 0.1) is 0 Å². The largest absolute Gasteiger partial charge is 1.00 e. The quantitative estimate of drug-likeness (QED) is 0.458. The Morgan fingerprint density at radius 2 is 0.867 bits per heavy atom. The smallest absolute Gasteiger partial charge is 0.736 e. The van der Waals surface area contributed by atoms with Gasteiger partial charge in [0.05, 0.1) is 0 Å². The zero-order valence-corrected chi connectivity index (χ0v) is 22.7. The molecule has 0 radical (unpaired) electrons. The first-order valence-corrected chi connectivity index (χ1v) is 11.9. The predicted octanol–water partition coefficient (Wildman–Crippen LogP) is 4.11. The second-order valence-corrected chi connectivity index (χ2v) is 10.0. The van der Waals surface area contributed by atoms with Crippen LogP contribution in [-0.2, 0) is 4.57 Å². The van der Waals surface area contributed by atoms with E-state index < -0.39 is 7.82 Å². The molecule has 0 saturated heterocycles. The molecule has 2 aromatic carbocycles. The maximum absolute atomic E-state index is 13.1. The summed E-state index contributed by atoms with van der Waals surface area (Å²) in [4.78, 5) is 13.1. The van der Waals surface area contributed by atoms with E-state index in [0.29, 0.717) is 11.5 Å². The molecule has 0 fully saturated rings. The summed E-state index contributed by atoms with van der Waals surface area (Å²) >= 11 is 0. The Balaban J connectivity index is 0.00000450. The van der Waals surface area contributed by atoms with Crippen LogP contribution in [0.3, 0.4) is 0 Å². The molecule has 0 unspecified atom stereocenters. The number of benzene rings is 2. The molecule has 4 nitrogen and oxygen atoms in total. The first kappa shape index (κ1) is 27.3. The molecule has 0 aliphatic carbocycles. The van der Waals surface area contributed by atoms with Gasteiger partial charge in [-0.2, -0.15) is 0 Å². The summed E-state index contributed by atoms with van der Waals surface area (Å²) in [6.45, 7) is 16.2. The van der Waals surface area contributed by atoms with Crippen LogP contribution < -0.4 is 43.5 Å². The van der Waals surface area contributed by atoms with E-state index in [0.717, 1.165) is 22.3 Å². The number of hydrogen-bond acceptors (Lipinski definition) is 4. The summed E-state index contributed by atoms with van der Waals surface area (Å²) in [5, 5.41) is 0. The Kier molecular flexibility index (Phi) is 10.2. The number of phosphoric acid groups is 1. The van der Waals surface area contributed by atoms with Crippen LogP contribution in [0.15, 0.2) is 36.4 Å². The fourth-order valence-corrected chi connectivity index (χ4v) is 4.32. The Labute approximate surface area is 204 Å². The normalized spacial score (nSPS) is 11.9. The summed E-state index contributed by atoms with van der Waals surface area (Å²) in [7, 11) is -4.65. The number of phosphoric ester groups is 1. The minimum Gasteiger partial charge on any atom is -0.736 e. The molecule has 2 rings (SSSR count). The molecule has 0 spiro atoms. The second-order valence-electron chi connectivity index (χ2n) is 8.78. The third-order valence-electron chi connectivity index (χ3n) is 5.05. The van der Waals surface area contributed by atoms with E-state index in [4.69, 9.17) is 9.05 Å². The molecule has 0 aromatic heterocycles. The fraction of sp³-hybridized carbons (Fsp3) is 0.500. The van der Waals surface area contributed by atoms with Gasteiger partial charge in [-0.15, -0.1) is 0 Å². The van der Waals surface area contributed by atoms with Crippen LogP contribution in [-0.4, -0.2) is 0 Å². The molecular weight excluding hydrogens is 406 g/mol. The summed E-state index contributed by atoms with van der Waals surface area (Å²) in [6, 6.07) is 11.5. The van der Waals surface area contributed by atoms with E-state index in [9.17, 15) is 9.46 Å². The van der Waals surface area contributed by atoms with Gasteiger partial charge < -0.3 is 13.9 Å². The van der Waals surface area contributed by atoms with Crippen LogP contribution in [0.5, 0.6) is 11.5 Å². The van der Waals surface area contributed by atoms with Crippen molar-refractivity contribution in [3.63, 3.8) is 0 Å². The predicted molar refractivity (Wildman–Crippen MR) is 118 cm³/mol. The van der Waals surface area contributed by atoms with E-state index in [1.54, 1.807) is 0 Å². The third kappa shape index (κ3) is 6.61. The van der Waals surface area contributed by atoms with Gasteiger partial charge in [-0.25, -0.2) is 4.57 Å². The van der Waals surface area contributed by atoms with Crippen LogP contribution in [0.1, 0.15) is 101 Å². The van der Waals surface area contributed by atoms with Gasteiger partial charge in [0.1, 0.15) is 11.5 Å². The Morgan fingerprint density at radius 1 is 0.633 bits per heavy atom. The first-order chi connectivity index (χ1) is 13.4. The van der Waals surface area contributed by atoms with Gasteiger partial charge in [0.25, 0.3) is 0 Å². The topological polar surface area (TPSA) is 58.6 Å². The molecule has 160 valence electrons. The molecule has 0 atom stereocenters. The molecule has 0 aliphatic rings. The van der Waals surface area contributed by atoms with Crippen molar-refractivity contribution in [3.05, 3.63) is 58.7 Å². The van der Waals surface area contributed by atoms with E-state index in [1.165, 1.54) is 0 Å². The van der Waals surface area contributed by atoms with Gasteiger partial charge in [0.15, 0.2) is 0 Å². The number of hydrogen-bond donors (Lipinski definition) is 0. The first-order valence-electron chi connectivity index (χ1n) is 10.4. The van der Waals surface area contributed by atoms with Gasteiger partial charge >= 0.3 is 37.4 Å². The zero-order chi connectivity index (χ0) is 21.9. The maximum Gasteiger partial charge on any atom is 1.00 e. The molecule has 0 heterocycles. The monoisotopic (exact) mass is 440 g/mol. The molecule has 0 N–H and O–H groups in total. The SMILES string of the molecule is CC(C)c1cccc(C(C)C)c1OP(=O)([O-])Oc1c(C(C)C)cccc1C(C)C.[Na+]. The standard InChI is InChI=1S/C24H35O4P.Na/c1-15(2)19-11-9-12-20(16(3)4)23(19)27-29(25,26)28-24-21(17(5)6)13-10-14-22(24)18(7)8;/h9-18H,1-8H3,(H,25,26);/q;+1/p-1. The zero-order valence-electron chi connectivity index (χ0n) is 19.9. The van der Waals surface area contributed by atoms with Crippen molar-refractivity contribution in [3.8, 4) is 11.5 Å². The van der Waals surface area contributed by atoms with Crippen molar-refractivity contribution in [2.24, 2.45) is 0 Å². The molecular formula is C24H34NaO4P. The Morgan fingerprint density at radius 3 is 1.07 bits per heavy atom. The fourth-order valence-electron chi connectivity index (χ4n) is 3.42. The Bertz CT molecular complexity index is 769. The summed E-state index contributed by atoms with van der Waals surface area (Å²) in [5.41, 5.74) is 3.43. The van der Waals surface area contributed by atoms with Crippen LogP contribution in [0.25, 0.3) is 0 Å². The van der Waals surface area contributed by atoms with Crippen LogP contribution >= 0.6 is 7.82 Å². The van der Waals surface area contributed by atoms with Crippen molar-refractivity contribution < 1.29 is 48.1 Å². The third-order valence-corrected chi connectivity index (χ3v) is 5.86. The van der Waals surface area contributed by atoms with Crippen molar-refractivity contribution in [1.29, 1.82) is 0 Å². The summed E-state index contributed by atoms with van der Waals surface area (Å²) in [6.07, 6.45) is 0. The second kappa shape index (κ2) is 11.2. The average Bonchev–Trinajstić information content (AvgIpc) is 2.60. The number of para-hydroxylation sites is 2. The number of rotatable bonds is 8. The Hall–Kier alpha value is -0.770. The summed E-state index contributed by atoms with van der Waals surface area (Å²) in [5.74, 6) is 1.28. The summed E-state index contributed by atoms with van der Waals surface area (Å²) < 4.78 is 24.3. The van der Waals surface area contributed by atoms with E-state index in [2.05, 4.69) is 0 Å². The van der Waals surface area contributed by atoms with E-state index >= 15 is 0 Å². The van der Waals surface area contributed by atoms with Crippen molar-refractivity contribution >= 4 is 7.82 Å². The van der Waals surface area contributed by atoms with Gasteiger partial charge in [-0.05, 0) is 45.9 Å². The molecule has 2 aromatic rings. The molecule has 0 saturated carbocycles. The molecule has 0 amide bonds. The molecule has 6 heteroatoms. The molecule has 30 heavy (non-hydrogen) atoms. The van der Waals surface area contributed by atoms with Crippen molar-refractivity contribution in [1.82, 2.24) is 0 Å². The minimum atomic E-state index is -4.65. The average molecular weight is 440 g/mol. The molecule has 0 aliphatic heterocycles. The van der Waals surface area contributed by atoms with E-state index in [1.807, 2.05) is 91.8 Å². The maximum atomic E-state index is 13.1. The minimum absolute atomic E-state index is 0. The van der Waals surface area contributed by atoms with Crippen LogP contribution in [0.4, 0.5) is 0 Å². The van der Waals surface area contributed by atoms with E-state index in [-0.39, 0.29) is 53.2 Å². The van der Waals surface area contributed by atoms with Crippen LogP contribution in [0.2, 0.25) is 0 Å². The van der Waals surface area contributed by atoms with Gasteiger partial charge in [-0.3, -0.25) is 0 Å². The van der Waals surface area contributed by atoms with Gasteiger partial charge in [-0.1, -0.05) is 91.8 Å². The van der Waals surface area contributed by atoms with Crippen molar-refractivity contribution in [2.75, 3.05) is 0 Å². The van der Waals surface area contributed by atoms with Crippen molar-refractivity contribution in [2.45, 2.75) is 79.1 Å². The van der Waals surface area contributed by atoms with Gasteiger partial charge in [0.2, 0.25) is 0 Å². The molecule has 0 bridgehead atoms.